The Bertz CT molecular complexity index is 991. The molecule has 0 saturated carbocycles. The minimum absolute atomic E-state index is 0.0704. The van der Waals surface area contributed by atoms with E-state index in [4.69, 9.17) is 9.15 Å². The molecule has 2 N–H and O–H groups in total. The fraction of sp³-hybridized carbons (Fsp3) is 0.250. The molecule has 2 aromatic carbocycles. The molecule has 0 unspecified atom stereocenters. The van der Waals surface area contributed by atoms with Crippen molar-refractivity contribution in [1.29, 1.82) is 0 Å². The monoisotopic (exact) mass is 370 g/mol. The molecule has 1 fully saturated rings. The SMILES string of the molecule is CNC(=O)c1c(-c2ccc(F)cc2)oc2cc(N3CCOCC3)c(O)cc12. The molecule has 6 nitrogen and oxygen atoms in total. The van der Waals surface area contributed by atoms with Gasteiger partial charge in [0.2, 0.25) is 0 Å². The van der Waals surface area contributed by atoms with Gasteiger partial charge in [-0.05, 0) is 30.3 Å². The van der Waals surface area contributed by atoms with Crippen LogP contribution in [0, 0.1) is 5.82 Å². The van der Waals surface area contributed by atoms with Crippen LogP contribution in [-0.4, -0.2) is 44.4 Å². The summed E-state index contributed by atoms with van der Waals surface area (Å²) in [6.45, 7) is 2.49. The van der Waals surface area contributed by atoms with Gasteiger partial charge in [0.15, 0.2) is 0 Å². The van der Waals surface area contributed by atoms with E-state index in [2.05, 4.69) is 5.32 Å². The van der Waals surface area contributed by atoms with E-state index >= 15 is 0 Å². The van der Waals surface area contributed by atoms with Crippen molar-refractivity contribution in [3.05, 3.63) is 47.8 Å². The highest BCUT2D eigenvalue weighted by atomic mass is 19.1. The fourth-order valence-electron chi connectivity index (χ4n) is 3.33. The fourth-order valence-corrected chi connectivity index (χ4v) is 3.33. The van der Waals surface area contributed by atoms with Gasteiger partial charge >= 0.3 is 0 Å². The summed E-state index contributed by atoms with van der Waals surface area (Å²) >= 11 is 0. The lowest BCUT2D eigenvalue weighted by molar-refractivity contribution is 0.0964. The molecule has 140 valence electrons. The Morgan fingerprint density at radius 1 is 1.19 bits per heavy atom. The predicted molar refractivity (Wildman–Crippen MR) is 99.7 cm³/mol. The second kappa shape index (κ2) is 6.92. The van der Waals surface area contributed by atoms with Crippen LogP contribution in [0.3, 0.4) is 0 Å². The number of carbonyl (C=O) groups excluding carboxylic acids is 1. The molecule has 27 heavy (non-hydrogen) atoms. The Balaban J connectivity index is 1.89. The van der Waals surface area contributed by atoms with Crippen LogP contribution < -0.4 is 10.2 Å². The molecular formula is C20H19FN2O4. The molecular weight excluding hydrogens is 351 g/mol. The van der Waals surface area contributed by atoms with E-state index in [1.807, 2.05) is 4.90 Å². The average Bonchev–Trinajstić information content (AvgIpc) is 3.06. The minimum Gasteiger partial charge on any atom is -0.506 e. The summed E-state index contributed by atoms with van der Waals surface area (Å²) in [7, 11) is 1.53. The topological polar surface area (TPSA) is 74.9 Å². The molecule has 0 spiro atoms. The molecule has 7 heteroatoms. The highest BCUT2D eigenvalue weighted by molar-refractivity contribution is 6.12. The number of hydrogen-bond donors (Lipinski definition) is 2. The second-order valence-electron chi connectivity index (χ2n) is 6.33. The van der Waals surface area contributed by atoms with Gasteiger partial charge in [-0.25, -0.2) is 4.39 Å². The molecule has 1 aliphatic rings. The van der Waals surface area contributed by atoms with Crippen molar-refractivity contribution >= 4 is 22.6 Å². The summed E-state index contributed by atoms with van der Waals surface area (Å²) in [5, 5.41) is 13.7. The van der Waals surface area contributed by atoms with Gasteiger partial charge < -0.3 is 24.5 Å². The Hall–Kier alpha value is -3.06. The third kappa shape index (κ3) is 3.10. The van der Waals surface area contributed by atoms with Crippen molar-refractivity contribution in [1.82, 2.24) is 5.32 Å². The van der Waals surface area contributed by atoms with E-state index < -0.39 is 0 Å². The number of halogens is 1. The number of furan rings is 1. The van der Waals surface area contributed by atoms with E-state index in [0.717, 1.165) is 0 Å². The summed E-state index contributed by atoms with van der Waals surface area (Å²) in [5.41, 5.74) is 2.00. The number of morpholine rings is 1. The van der Waals surface area contributed by atoms with E-state index in [-0.39, 0.29) is 17.5 Å². The highest BCUT2D eigenvalue weighted by Gasteiger charge is 2.24. The predicted octanol–water partition coefficient (Wildman–Crippen LogP) is 3.14. The Labute approximate surface area is 155 Å². The first-order valence-corrected chi connectivity index (χ1v) is 8.68. The number of amides is 1. The lowest BCUT2D eigenvalue weighted by atomic mass is 10.0. The third-order valence-corrected chi connectivity index (χ3v) is 4.70. The number of nitrogens with zero attached hydrogens (tertiary/aromatic N) is 1. The van der Waals surface area contributed by atoms with Gasteiger partial charge in [0, 0.05) is 37.2 Å². The summed E-state index contributed by atoms with van der Waals surface area (Å²) < 4.78 is 24.6. The Morgan fingerprint density at radius 3 is 2.56 bits per heavy atom. The molecule has 0 atom stereocenters. The molecule has 4 rings (SSSR count). The maximum atomic E-state index is 13.3. The van der Waals surface area contributed by atoms with Gasteiger partial charge in [-0.15, -0.1) is 0 Å². The molecule has 0 bridgehead atoms. The number of benzene rings is 2. The molecule has 3 aromatic rings. The smallest absolute Gasteiger partial charge is 0.255 e. The molecule has 0 aliphatic carbocycles. The number of aromatic hydroxyl groups is 1. The maximum absolute atomic E-state index is 13.3. The van der Waals surface area contributed by atoms with Crippen LogP contribution in [-0.2, 0) is 4.74 Å². The van der Waals surface area contributed by atoms with Crippen LogP contribution in [0.2, 0.25) is 0 Å². The van der Waals surface area contributed by atoms with Gasteiger partial charge in [-0.1, -0.05) is 0 Å². The first-order valence-electron chi connectivity index (χ1n) is 8.68. The maximum Gasteiger partial charge on any atom is 0.255 e. The van der Waals surface area contributed by atoms with Gasteiger partial charge in [0.05, 0.1) is 24.5 Å². The number of ether oxygens (including phenoxy) is 1. The largest absolute Gasteiger partial charge is 0.506 e. The van der Waals surface area contributed by atoms with Crippen molar-refractivity contribution in [2.24, 2.45) is 0 Å². The third-order valence-electron chi connectivity index (χ3n) is 4.70. The standard InChI is InChI=1S/C20H19FN2O4/c1-22-20(25)18-14-10-16(24)15(23-6-8-26-9-7-23)11-17(14)27-19(18)12-2-4-13(21)5-3-12/h2-5,10-11,24H,6-9H2,1H3,(H,22,25). The molecule has 1 aliphatic heterocycles. The van der Waals surface area contributed by atoms with Crippen molar-refractivity contribution in [2.75, 3.05) is 38.3 Å². The number of hydrogen-bond acceptors (Lipinski definition) is 5. The van der Waals surface area contributed by atoms with Crippen LogP contribution in [0.25, 0.3) is 22.3 Å². The summed E-state index contributed by atoms with van der Waals surface area (Å²) in [6, 6.07) is 9.01. The average molecular weight is 370 g/mol. The van der Waals surface area contributed by atoms with E-state index in [1.165, 1.54) is 19.2 Å². The summed E-state index contributed by atoms with van der Waals surface area (Å²) in [5.74, 6) is -0.306. The van der Waals surface area contributed by atoms with Crippen LogP contribution in [0.1, 0.15) is 10.4 Å². The number of fused-ring (bicyclic) bond motifs is 1. The quantitative estimate of drug-likeness (QED) is 0.741. The summed E-state index contributed by atoms with van der Waals surface area (Å²) in [4.78, 5) is 14.5. The first-order chi connectivity index (χ1) is 13.1. The zero-order valence-electron chi connectivity index (χ0n) is 14.8. The number of phenols is 1. The van der Waals surface area contributed by atoms with Crippen LogP contribution in [0.4, 0.5) is 10.1 Å². The molecule has 0 radical (unpaired) electrons. The van der Waals surface area contributed by atoms with Gasteiger partial charge in [0.25, 0.3) is 5.91 Å². The lowest BCUT2D eigenvalue weighted by Crippen LogP contribution is -2.36. The molecule has 1 saturated heterocycles. The van der Waals surface area contributed by atoms with Gasteiger partial charge in [-0.2, -0.15) is 0 Å². The van der Waals surface area contributed by atoms with E-state index in [9.17, 15) is 14.3 Å². The van der Waals surface area contributed by atoms with Crippen molar-refractivity contribution in [2.45, 2.75) is 0 Å². The Kier molecular flexibility index (Phi) is 4.45. The normalized spacial score (nSPS) is 14.5. The minimum atomic E-state index is -0.372. The van der Waals surface area contributed by atoms with Crippen molar-refractivity contribution in [3.63, 3.8) is 0 Å². The van der Waals surface area contributed by atoms with Crippen LogP contribution in [0.5, 0.6) is 5.75 Å². The lowest BCUT2D eigenvalue weighted by Gasteiger charge is -2.29. The van der Waals surface area contributed by atoms with E-state index in [0.29, 0.717) is 59.8 Å². The second-order valence-corrected chi connectivity index (χ2v) is 6.33. The van der Waals surface area contributed by atoms with Crippen molar-refractivity contribution in [3.8, 4) is 17.1 Å². The number of carbonyl (C=O) groups is 1. The number of nitrogens with one attached hydrogen (secondary N) is 1. The first kappa shape index (κ1) is 17.4. The Morgan fingerprint density at radius 2 is 1.89 bits per heavy atom. The number of rotatable bonds is 3. The van der Waals surface area contributed by atoms with Gasteiger partial charge in [0.1, 0.15) is 22.9 Å². The zero-order valence-corrected chi connectivity index (χ0v) is 14.8. The molecule has 1 aromatic heterocycles. The van der Waals surface area contributed by atoms with Crippen molar-refractivity contribution < 1.29 is 23.4 Å². The molecule has 2 heterocycles. The van der Waals surface area contributed by atoms with Crippen LogP contribution >= 0.6 is 0 Å². The van der Waals surface area contributed by atoms with Crippen LogP contribution in [0.15, 0.2) is 40.8 Å². The van der Waals surface area contributed by atoms with Gasteiger partial charge in [-0.3, -0.25) is 4.79 Å². The highest BCUT2D eigenvalue weighted by Crippen LogP contribution is 2.40. The van der Waals surface area contributed by atoms with E-state index in [1.54, 1.807) is 24.3 Å². The number of phenolic OH excluding ortho intramolecular Hbond substituents is 1. The zero-order chi connectivity index (χ0) is 19.0. The summed E-state index contributed by atoms with van der Waals surface area (Å²) in [6.07, 6.45) is 0. The molecule has 1 amide bonds. The number of anilines is 1.